The lowest BCUT2D eigenvalue weighted by atomic mass is 10.3. The number of amides is 9. The Morgan fingerprint density at radius 1 is 0.314 bits per heavy atom. The van der Waals surface area contributed by atoms with Crippen molar-refractivity contribution < 1.29 is 53.1 Å². The first-order chi connectivity index (χ1) is 23.5. The van der Waals surface area contributed by atoms with E-state index in [2.05, 4.69) is 0 Å². The first-order valence-electron chi connectivity index (χ1n) is 15.9. The quantitative estimate of drug-likeness (QED) is 0.127. The second-order valence-electron chi connectivity index (χ2n) is 12.4. The van der Waals surface area contributed by atoms with Gasteiger partial charge in [-0.25, -0.2) is 0 Å². The fraction of sp³-hybridized carbons (Fsp3) is 0.677. The number of aliphatic carboxylic acids is 1. The number of rotatable bonds is 20. The Morgan fingerprint density at radius 2 is 0.471 bits per heavy atom. The van der Waals surface area contributed by atoms with E-state index in [1.54, 1.807) is 0 Å². The summed E-state index contributed by atoms with van der Waals surface area (Å²) < 4.78 is 0. The molecule has 0 aromatic rings. The van der Waals surface area contributed by atoms with Gasteiger partial charge in [0.05, 0.1) is 52.4 Å². The van der Waals surface area contributed by atoms with E-state index in [1.807, 2.05) is 6.92 Å². The molecule has 20 nitrogen and oxygen atoms in total. The zero-order valence-corrected chi connectivity index (χ0v) is 31.3. The molecule has 0 aliphatic heterocycles. The lowest BCUT2D eigenvalue weighted by Crippen LogP contribution is -2.49. The van der Waals surface area contributed by atoms with Crippen LogP contribution in [0.1, 0.15) is 19.8 Å². The molecule has 51 heavy (non-hydrogen) atoms. The van der Waals surface area contributed by atoms with E-state index in [0.29, 0.717) is 12.8 Å². The molecule has 0 aliphatic carbocycles. The van der Waals surface area contributed by atoms with E-state index in [0.717, 1.165) is 39.2 Å². The lowest BCUT2D eigenvalue weighted by molar-refractivity contribution is -0.147. The van der Waals surface area contributed by atoms with Crippen LogP contribution in [-0.4, -0.2) is 231 Å². The van der Waals surface area contributed by atoms with Gasteiger partial charge in [-0.3, -0.25) is 47.9 Å². The van der Waals surface area contributed by atoms with Crippen LogP contribution in [0.2, 0.25) is 0 Å². The minimum atomic E-state index is -1.21. The second-order valence-corrected chi connectivity index (χ2v) is 12.4. The van der Waals surface area contributed by atoms with Gasteiger partial charge in [-0.15, -0.1) is 0 Å². The van der Waals surface area contributed by atoms with Crippen LogP contribution in [0.3, 0.4) is 0 Å². The first-order valence-corrected chi connectivity index (χ1v) is 15.9. The average molecular weight is 728 g/mol. The molecule has 0 unspecified atom stereocenters. The van der Waals surface area contributed by atoms with E-state index >= 15 is 0 Å². The largest absolute Gasteiger partial charge is 0.480 e. The highest BCUT2D eigenvalue weighted by molar-refractivity contribution is 5.93. The SMILES string of the molecule is CCCC(=O)N(C)CC(=O)N(C)CC(=O)N(C)CC(=O)N(C)CC(=O)N(C)CC(=O)N(C)CC(=O)N(C)CC(=O)N(C)CC(=O)N(C)CC(=O)O. The molecule has 0 rings (SSSR count). The standard InChI is InChI=1S/C31H53N9O11/c1-11-12-22(41)32(2)13-23(42)33(3)14-24(43)34(4)15-25(44)35(5)16-26(45)36(6)17-27(46)37(7)18-28(47)38(8)19-29(48)39(9)20-30(49)40(10)21-31(50)51/h11-21H2,1-10H3,(H,50,51). The van der Waals surface area contributed by atoms with Crippen molar-refractivity contribution in [1.82, 2.24) is 44.1 Å². The summed E-state index contributed by atoms with van der Waals surface area (Å²) in [6, 6.07) is 0. The maximum atomic E-state index is 12.8. The molecule has 0 aromatic heterocycles. The zero-order valence-electron chi connectivity index (χ0n) is 31.3. The molecular formula is C31H53N9O11. The van der Waals surface area contributed by atoms with E-state index in [1.165, 1.54) is 68.3 Å². The maximum Gasteiger partial charge on any atom is 0.323 e. The molecule has 0 saturated carbocycles. The monoisotopic (exact) mass is 727 g/mol. The highest BCUT2D eigenvalue weighted by Crippen LogP contribution is 2.01. The zero-order chi connectivity index (χ0) is 39.7. The van der Waals surface area contributed by atoms with Crippen molar-refractivity contribution in [3.63, 3.8) is 0 Å². The predicted molar refractivity (Wildman–Crippen MR) is 181 cm³/mol. The van der Waals surface area contributed by atoms with Crippen LogP contribution in [0, 0.1) is 0 Å². The van der Waals surface area contributed by atoms with Crippen LogP contribution < -0.4 is 0 Å². The summed E-state index contributed by atoms with van der Waals surface area (Å²) >= 11 is 0. The highest BCUT2D eigenvalue weighted by atomic mass is 16.4. The molecule has 9 amide bonds. The third kappa shape index (κ3) is 16.8. The van der Waals surface area contributed by atoms with Crippen LogP contribution in [0.5, 0.6) is 0 Å². The van der Waals surface area contributed by atoms with Crippen LogP contribution in [0.25, 0.3) is 0 Å². The van der Waals surface area contributed by atoms with Crippen molar-refractivity contribution in [1.29, 1.82) is 0 Å². The van der Waals surface area contributed by atoms with Gasteiger partial charge in [0, 0.05) is 69.8 Å². The third-order valence-electron chi connectivity index (χ3n) is 7.65. The van der Waals surface area contributed by atoms with Crippen LogP contribution >= 0.6 is 0 Å². The van der Waals surface area contributed by atoms with Crippen LogP contribution in [0.4, 0.5) is 0 Å². The van der Waals surface area contributed by atoms with Crippen molar-refractivity contribution in [3.05, 3.63) is 0 Å². The van der Waals surface area contributed by atoms with Crippen molar-refractivity contribution in [2.24, 2.45) is 0 Å². The molecule has 0 aromatic carbocycles. The number of likely N-dealkylation sites (N-methyl/N-ethyl adjacent to an activating group) is 9. The summed E-state index contributed by atoms with van der Waals surface area (Å²) in [4.78, 5) is 133. The van der Waals surface area contributed by atoms with Gasteiger partial charge in [0.2, 0.25) is 53.2 Å². The number of hydrogen-bond donors (Lipinski definition) is 1. The Balaban J connectivity index is 4.84. The average Bonchev–Trinajstić information content (AvgIpc) is 3.03. The third-order valence-corrected chi connectivity index (χ3v) is 7.65. The Morgan fingerprint density at radius 3 is 0.627 bits per heavy atom. The minimum Gasteiger partial charge on any atom is -0.480 e. The number of carboxylic acids is 1. The molecule has 1 N–H and O–H groups in total. The van der Waals surface area contributed by atoms with Gasteiger partial charge in [0.15, 0.2) is 0 Å². The summed E-state index contributed by atoms with van der Waals surface area (Å²) in [5.41, 5.74) is 0. The van der Waals surface area contributed by atoms with Gasteiger partial charge in [0.1, 0.15) is 6.54 Å². The molecule has 0 heterocycles. The molecule has 0 atom stereocenters. The molecular weight excluding hydrogens is 674 g/mol. The number of hydrogen-bond acceptors (Lipinski definition) is 10. The summed E-state index contributed by atoms with van der Waals surface area (Å²) in [6.07, 6.45) is 0.930. The van der Waals surface area contributed by atoms with Gasteiger partial charge < -0.3 is 49.2 Å². The number of carbonyl (C=O) groups is 10. The molecule has 0 radical (unpaired) electrons. The topological polar surface area (TPSA) is 220 Å². The minimum absolute atomic E-state index is 0.194. The van der Waals surface area contributed by atoms with E-state index in [9.17, 15) is 47.9 Å². The summed E-state index contributed by atoms with van der Waals surface area (Å²) in [6.45, 7) is -1.72. The molecule has 0 saturated heterocycles. The van der Waals surface area contributed by atoms with E-state index in [-0.39, 0.29) is 19.0 Å². The van der Waals surface area contributed by atoms with Crippen molar-refractivity contribution in [2.75, 3.05) is 122 Å². The normalized spacial score (nSPS) is 10.3. The molecule has 0 spiro atoms. The van der Waals surface area contributed by atoms with Gasteiger partial charge >= 0.3 is 5.97 Å². The highest BCUT2D eigenvalue weighted by Gasteiger charge is 2.25. The number of carbonyl (C=O) groups excluding carboxylic acids is 9. The van der Waals surface area contributed by atoms with Gasteiger partial charge in [-0.05, 0) is 6.42 Å². The second kappa shape index (κ2) is 21.7. The Hall–Kier alpha value is -5.30. The molecule has 0 aliphatic rings. The molecule has 0 bridgehead atoms. The Bertz CT molecular complexity index is 1330. The number of carboxylic acid groups (broad SMARTS) is 1. The first kappa shape index (κ1) is 45.7. The Labute approximate surface area is 298 Å². The van der Waals surface area contributed by atoms with Crippen LogP contribution in [-0.2, 0) is 47.9 Å². The lowest BCUT2D eigenvalue weighted by Gasteiger charge is -2.27. The van der Waals surface area contributed by atoms with Gasteiger partial charge in [-0.2, -0.15) is 0 Å². The molecule has 288 valence electrons. The van der Waals surface area contributed by atoms with Crippen molar-refractivity contribution in [3.8, 4) is 0 Å². The fourth-order valence-electron chi connectivity index (χ4n) is 3.99. The van der Waals surface area contributed by atoms with Crippen LogP contribution in [0.15, 0.2) is 0 Å². The maximum absolute atomic E-state index is 12.8. The molecule has 20 heteroatoms. The number of nitrogens with zero attached hydrogens (tertiary/aromatic N) is 9. The smallest absolute Gasteiger partial charge is 0.323 e. The van der Waals surface area contributed by atoms with Crippen molar-refractivity contribution in [2.45, 2.75) is 19.8 Å². The predicted octanol–water partition coefficient (Wildman–Crippen LogP) is -4.00. The summed E-state index contributed by atoms with van der Waals surface area (Å²) in [5, 5.41) is 8.80. The van der Waals surface area contributed by atoms with Gasteiger partial charge in [0.25, 0.3) is 0 Å². The fourth-order valence-corrected chi connectivity index (χ4v) is 3.99. The molecule has 0 fully saturated rings. The van der Waals surface area contributed by atoms with Gasteiger partial charge in [-0.1, -0.05) is 6.92 Å². The van der Waals surface area contributed by atoms with E-state index in [4.69, 9.17) is 5.11 Å². The Kier molecular flexibility index (Phi) is 19.5. The van der Waals surface area contributed by atoms with E-state index < -0.39 is 99.0 Å². The van der Waals surface area contributed by atoms with Crippen molar-refractivity contribution >= 4 is 59.1 Å². The summed E-state index contributed by atoms with van der Waals surface area (Å²) in [5.74, 6) is -6.01. The summed E-state index contributed by atoms with van der Waals surface area (Å²) in [7, 11) is 12.2.